The SMILES string of the molecule is COc1cnc(C(=O)c2cc(Br)ccc2I)c(OC)n1. The fourth-order valence-electron chi connectivity index (χ4n) is 1.55. The maximum atomic E-state index is 12.5. The summed E-state index contributed by atoms with van der Waals surface area (Å²) in [5, 5.41) is 0. The van der Waals surface area contributed by atoms with Crippen LogP contribution in [0.25, 0.3) is 0 Å². The van der Waals surface area contributed by atoms with Gasteiger partial charge in [-0.05, 0) is 40.8 Å². The van der Waals surface area contributed by atoms with Crippen molar-refractivity contribution in [1.29, 1.82) is 0 Å². The molecule has 0 N–H and O–H groups in total. The number of methoxy groups -OCH3 is 2. The van der Waals surface area contributed by atoms with Gasteiger partial charge in [-0.1, -0.05) is 15.9 Å². The van der Waals surface area contributed by atoms with Crippen molar-refractivity contribution in [3.8, 4) is 11.8 Å². The van der Waals surface area contributed by atoms with Gasteiger partial charge in [0.1, 0.15) is 0 Å². The smallest absolute Gasteiger partial charge is 0.247 e. The van der Waals surface area contributed by atoms with E-state index in [1.165, 1.54) is 20.4 Å². The van der Waals surface area contributed by atoms with Crippen LogP contribution in [0.4, 0.5) is 0 Å². The average Bonchev–Trinajstić information content (AvgIpc) is 2.48. The summed E-state index contributed by atoms with van der Waals surface area (Å²) < 4.78 is 11.7. The molecule has 0 saturated carbocycles. The van der Waals surface area contributed by atoms with Crippen molar-refractivity contribution in [2.75, 3.05) is 14.2 Å². The van der Waals surface area contributed by atoms with Crippen molar-refractivity contribution in [3.05, 3.63) is 43.7 Å². The van der Waals surface area contributed by atoms with E-state index in [4.69, 9.17) is 9.47 Å². The highest BCUT2D eigenvalue weighted by Crippen LogP contribution is 2.24. The molecule has 0 aliphatic heterocycles. The van der Waals surface area contributed by atoms with Crippen LogP contribution in [0, 0.1) is 3.57 Å². The number of nitrogens with zero attached hydrogens (tertiary/aromatic N) is 2. The summed E-state index contributed by atoms with van der Waals surface area (Å²) in [5.41, 5.74) is 0.696. The topological polar surface area (TPSA) is 61.3 Å². The van der Waals surface area contributed by atoms with E-state index in [1.54, 1.807) is 6.07 Å². The van der Waals surface area contributed by atoms with Crippen LogP contribution in [0.5, 0.6) is 11.8 Å². The summed E-state index contributed by atoms with van der Waals surface area (Å²) >= 11 is 5.45. The number of benzene rings is 1. The lowest BCUT2D eigenvalue weighted by Gasteiger charge is -2.08. The summed E-state index contributed by atoms with van der Waals surface area (Å²) in [4.78, 5) is 20.7. The number of aromatic nitrogens is 2. The second-order valence-electron chi connectivity index (χ2n) is 3.72. The van der Waals surface area contributed by atoms with Crippen molar-refractivity contribution in [2.45, 2.75) is 0 Å². The molecule has 20 heavy (non-hydrogen) atoms. The van der Waals surface area contributed by atoms with E-state index in [9.17, 15) is 4.79 Å². The van der Waals surface area contributed by atoms with Crippen molar-refractivity contribution < 1.29 is 14.3 Å². The molecule has 2 aromatic rings. The standard InChI is InChI=1S/C13H10BrIN2O3/c1-19-10-6-16-11(13(17-10)20-2)12(18)8-5-7(14)3-4-9(8)15/h3-6H,1-2H3. The third-order valence-electron chi connectivity index (χ3n) is 2.51. The summed E-state index contributed by atoms with van der Waals surface area (Å²) in [7, 11) is 2.91. The van der Waals surface area contributed by atoms with Crippen LogP contribution in [-0.4, -0.2) is 30.0 Å². The van der Waals surface area contributed by atoms with Gasteiger partial charge in [-0.15, -0.1) is 0 Å². The predicted octanol–water partition coefficient (Wildman–Crippen LogP) is 3.09. The van der Waals surface area contributed by atoms with Gasteiger partial charge in [0.2, 0.25) is 17.5 Å². The minimum atomic E-state index is -0.247. The molecule has 0 fully saturated rings. The molecule has 7 heteroatoms. The van der Waals surface area contributed by atoms with Gasteiger partial charge in [-0.2, -0.15) is 4.98 Å². The Morgan fingerprint density at radius 1 is 1.30 bits per heavy atom. The monoisotopic (exact) mass is 448 g/mol. The van der Waals surface area contributed by atoms with Gasteiger partial charge in [0, 0.05) is 13.6 Å². The predicted molar refractivity (Wildman–Crippen MR) is 85.4 cm³/mol. The highest BCUT2D eigenvalue weighted by atomic mass is 127. The molecule has 5 nitrogen and oxygen atoms in total. The van der Waals surface area contributed by atoms with Gasteiger partial charge in [0.15, 0.2) is 5.69 Å². The zero-order valence-corrected chi connectivity index (χ0v) is 14.4. The molecule has 0 atom stereocenters. The quantitative estimate of drug-likeness (QED) is 0.531. The van der Waals surface area contributed by atoms with Crippen molar-refractivity contribution in [3.63, 3.8) is 0 Å². The molecule has 0 spiro atoms. The lowest BCUT2D eigenvalue weighted by atomic mass is 10.1. The molecule has 0 saturated heterocycles. The van der Waals surface area contributed by atoms with E-state index < -0.39 is 0 Å². The summed E-state index contributed by atoms with van der Waals surface area (Å²) in [6, 6.07) is 5.46. The minimum Gasteiger partial charge on any atom is -0.480 e. The third kappa shape index (κ3) is 3.09. The molecule has 0 bridgehead atoms. The number of carbonyl (C=O) groups excluding carboxylic acids is 1. The van der Waals surface area contributed by atoms with E-state index in [2.05, 4.69) is 48.5 Å². The minimum absolute atomic E-state index is 0.144. The Kier molecular flexibility index (Phi) is 4.92. The number of carbonyl (C=O) groups is 1. The molecule has 2 rings (SSSR count). The average molecular weight is 449 g/mol. The van der Waals surface area contributed by atoms with Crippen molar-refractivity contribution >= 4 is 44.3 Å². The highest BCUT2D eigenvalue weighted by Gasteiger charge is 2.20. The molecular formula is C13H10BrIN2O3. The second kappa shape index (κ2) is 6.49. The molecule has 0 radical (unpaired) electrons. The maximum absolute atomic E-state index is 12.5. The first-order valence-electron chi connectivity index (χ1n) is 5.51. The Hall–Kier alpha value is -1.22. The van der Waals surface area contributed by atoms with E-state index in [-0.39, 0.29) is 17.4 Å². The molecule has 1 aromatic carbocycles. The van der Waals surface area contributed by atoms with Crippen LogP contribution in [-0.2, 0) is 0 Å². The molecular weight excluding hydrogens is 439 g/mol. The zero-order valence-electron chi connectivity index (χ0n) is 10.7. The Labute approximate surface area is 138 Å². The zero-order chi connectivity index (χ0) is 14.7. The highest BCUT2D eigenvalue weighted by molar-refractivity contribution is 14.1. The van der Waals surface area contributed by atoms with Gasteiger partial charge >= 0.3 is 0 Å². The molecule has 0 amide bonds. The Morgan fingerprint density at radius 3 is 2.70 bits per heavy atom. The first kappa shape index (κ1) is 15.2. The largest absolute Gasteiger partial charge is 0.480 e. The number of ether oxygens (including phenoxy) is 2. The number of hydrogen-bond donors (Lipinski definition) is 0. The van der Waals surface area contributed by atoms with Crippen LogP contribution >= 0.6 is 38.5 Å². The van der Waals surface area contributed by atoms with Crippen LogP contribution in [0.1, 0.15) is 16.1 Å². The molecule has 0 aliphatic rings. The van der Waals surface area contributed by atoms with Crippen molar-refractivity contribution in [1.82, 2.24) is 9.97 Å². The van der Waals surface area contributed by atoms with E-state index in [1.807, 2.05) is 12.1 Å². The van der Waals surface area contributed by atoms with Crippen molar-refractivity contribution in [2.24, 2.45) is 0 Å². The summed E-state index contributed by atoms with van der Waals surface area (Å²) in [5.74, 6) is 0.190. The van der Waals surface area contributed by atoms with E-state index >= 15 is 0 Å². The maximum Gasteiger partial charge on any atom is 0.247 e. The number of ketones is 1. The molecule has 0 aliphatic carbocycles. The first-order chi connectivity index (χ1) is 9.56. The van der Waals surface area contributed by atoms with Crippen LogP contribution in [0.3, 0.4) is 0 Å². The van der Waals surface area contributed by atoms with Crippen LogP contribution in [0.15, 0.2) is 28.9 Å². The Morgan fingerprint density at radius 2 is 2.05 bits per heavy atom. The van der Waals surface area contributed by atoms with E-state index in [0.29, 0.717) is 11.4 Å². The van der Waals surface area contributed by atoms with Crippen LogP contribution in [0.2, 0.25) is 0 Å². The van der Waals surface area contributed by atoms with Gasteiger partial charge in [-0.25, -0.2) is 4.98 Å². The van der Waals surface area contributed by atoms with E-state index in [0.717, 1.165) is 8.04 Å². The Bertz CT molecular complexity index is 664. The molecule has 1 aromatic heterocycles. The number of halogens is 2. The Balaban J connectivity index is 2.50. The molecule has 1 heterocycles. The summed E-state index contributed by atoms with van der Waals surface area (Å²) in [6.07, 6.45) is 1.39. The lowest BCUT2D eigenvalue weighted by Crippen LogP contribution is -2.10. The molecule has 104 valence electrons. The fourth-order valence-corrected chi connectivity index (χ4v) is 2.49. The van der Waals surface area contributed by atoms with Gasteiger partial charge in [0.05, 0.1) is 20.4 Å². The first-order valence-corrected chi connectivity index (χ1v) is 7.38. The number of rotatable bonds is 4. The normalized spacial score (nSPS) is 10.2. The van der Waals surface area contributed by atoms with Gasteiger partial charge < -0.3 is 9.47 Å². The van der Waals surface area contributed by atoms with Gasteiger partial charge in [0.25, 0.3) is 0 Å². The van der Waals surface area contributed by atoms with Gasteiger partial charge in [-0.3, -0.25) is 4.79 Å². The van der Waals surface area contributed by atoms with Crippen LogP contribution < -0.4 is 9.47 Å². The lowest BCUT2D eigenvalue weighted by molar-refractivity contribution is 0.102. The fraction of sp³-hybridized carbons (Fsp3) is 0.154. The number of hydrogen-bond acceptors (Lipinski definition) is 5. The second-order valence-corrected chi connectivity index (χ2v) is 5.80. The summed E-state index contributed by atoms with van der Waals surface area (Å²) in [6.45, 7) is 0. The third-order valence-corrected chi connectivity index (χ3v) is 3.94. The molecule has 0 unspecified atom stereocenters.